The van der Waals surface area contributed by atoms with Crippen molar-refractivity contribution in [3.05, 3.63) is 17.2 Å². The number of halogens is 1. The lowest BCUT2D eigenvalue weighted by Gasteiger charge is -2.24. The minimum Gasteiger partial charge on any atom is -0.384 e. The molecule has 0 saturated carbocycles. The van der Waals surface area contributed by atoms with Crippen LogP contribution in [0.25, 0.3) is 5.70 Å². The van der Waals surface area contributed by atoms with Crippen LogP contribution < -0.4 is 0 Å². The molecule has 1 atom stereocenters. The van der Waals surface area contributed by atoms with Gasteiger partial charge in [0.1, 0.15) is 11.4 Å². The van der Waals surface area contributed by atoms with Crippen molar-refractivity contribution >= 4 is 17.3 Å². The fraction of sp³-hybridized carbons (Fsp3) is 0.500. The standard InChI is InChI=1S/C10H13ClN4O/c1-4-10(3,16)8(5-6-12)15-7(2)13-9(11)14-15/h5,16H,4H2,1-3H3/b8-5-. The maximum Gasteiger partial charge on any atom is 0.242 e. The number of allylic oxidation sites excluding steroid dienone is 1. The highest BCUT2D eigenvalue weighted by atomic mass is 35.5. The fourth-order valence-corrected chi connectivity index (χ4v) is 1.47. The zero-order valence-electron chi connectivity index (χ0n) is 9.40. The van der Waals surface area contributed by atoms with Crippen molar-refractivity contribution in [2.24, 2.45) is 0 Å². The van der Waals surface area contributed by atoms with Gasteiger partial charge >= 0.3 is 0 Å². The van der Waals surface area contributed by atoms with Gasteiger partial charge in [-0.15, -0.1) is 5.10 Å². The molecule has 0 bridgehead atoms. The average Bonchev–Trinajstić information content (AvgIpc) is 2.54. The minimum absolute atomic E-state index is 0.0910. The van der Waals surface area contributed by atoms with Gasteiger partial charge in [0, 0.05) is 6.08 Å². The second-order valence-electron chi connectivity index (χ2n) is 3.63. The third-order valence-corrected chi connectivity index (χ3v) is 2.57. The highest BCUT2D eigenvalue weighted by Gasteiger charge is 2.27. The van der Waals surface area contributed by atoms with Crippen molar-refractivity contribution in [1.82, 2.24) is 14.8 Å². The van der Waals surface area contributed by atoms with Crippen molar-refractivity contribution in [3.63, 3.8) is 0 Å². The predicted octanol–water partition coefficient (Wildman–Crippen LogP) is 1.77. The Bertz CT molecular complexity index is 456. The van der Waals surface area contributed by atoms with Gasteiger partial charge in [0.05, 0.1) is 11.8 Å². The van der Waals surface area contributed by atoms with E-state index in [0.717, 1.165) is 0 Å². The number of hydrogen-bond acceptors (Lipinski definition) is 4. The number of nitriles is 1. The molecule has 0 aliphatic carbocycles. The Labute approximate surface area is 99.0 Å². The van der Waals surface area contributed by atoms with Crippen LogP contribution in [0.15, 0.2) is 6.08 Å². The normalized spacial score (nSPS) is 15.6. The van der Waals surface area contributed by atoms with Crippen LogP contribution in [0, 0.1) is 18.3 Å². The van der Waals surface area contributed by atoms with Crippen LogP contribution in [0.2, 0.25) is 5.28 Å². The highest BCUT2D eigenvalue weighted by molar-refractivity contribution is 6.28. The van der Waals surface area contributed by atoms with Gasteiger partial charge in [0.2, 0.25) is 5.28 Å². The van der Waals surface area contributed by atoms with Gasteiger partial charge in [0.15, 0.2) is 0 Å². The summed E-state index contributed by atoms with van der Waals surface area (Å²) in [6.45, 7) is 5.14. The zero-order chi connectivity index (χ0) is 12.3. The molecule has 0 radical (unpaired) electrons. The molecule has 0 aromatic carbocycles. The lowest BCUT2D eigenvalue weighted by atomic mass is 9.99. The van der Waals surface area contributed by atoms with E-state index in [1.54, 1.807) is 13.8 Å². The fourth-order valence-electron chi connectivity index (χ4n) is 1.27. The largest absolute Gasteiger partial charge is 0.384 e. The summed E-state index contributed by atoms with van der Waals surface area (Å²) in [6.07, 6.45) is 1.71. The molecule has 0 saturated heterocycles. The Hall–Kier alpha value is -1.38. The molecule has 16 heavy (non-hydrogen) atoms. The lowest BCUT2D eigenvalue weighted by molar-refractivity contribution is 0.111. The molecule has 6 heteroatoms. The van der Waals surface area contributed by atoms with Gasteiger partial charge < -0.3 is 5.11 Å². The van der Waals surface area contributed by atoms with E-state index < -0.39 is 5.60 Å². The van der Waals surface area contributed by atoms with Gasteiger partial charge in [-0.2, -0.15) is 5.26 Å². The lowest BCUT2D eigenvalue weighted by Crippen LogP contribution is -2.29. The first-order valence-corrected chi connectivity index (χ1v) is 5.22. The van der Waals surface area contributed by atoms with Crippen LogP contribution >= 0.6 is 11.6 Å². The summed E-state index contributed by atoms with van der Waals surface area (Å²) in [4.78, 5) is 3.92. The summed E-state index contributed by atoms with van der Waals surface area (Å²) in [5.41, 5.74) is -0.772. The van der Waals surface area contributed by atoms with Crippen molar-refractivity contribution in [2.45, 2.75) is 32.8 Å². The van der Waals surface area contributed by atoms with Crippen molar-refractivity contribution < 1.29 is 5.11 Å². The van der Waals surface area contributed by atoms with Gasteiger partial charge in [-0.1, -0.05) is 6.92 Å². The van der Waals surface area contributed by atoms with Gasteiger partial charge in [-0.05, 0) is 31.9 Å². The molecule has 1 heterocycles. The van der Waals surface area contributed by atoms with Crippen LogP contribution in [-0.4, -0.2) is 25.5 Å². The van der Waals surface area contributed by atoms with Crippen molar-refractivity contribution in [1.29, 1.82) is 5.26 Å². The summed E-state index contributed by atoms with van der Waals surface area (Å²) in [6, 6.07) is 1.89. The van der Waals surface area contributed by atoms with E-state index in [0.29, 0.717) is 17.9 Å². The van der Waals surface area contributed by atoms with Gasteiger partial charge in [-0.3, -0.25) is 0 Å². The molecule has 0 fully saturated rings. The molecule has 1 unspecified atom stereocenters. The molecule has 0 aliphatic rings. The summed E-state index contributed by atoms with van der Waals surface area (Å²) in [5, 5.41) is 22.9. The molecule has 0 amide bonds. The maximum atomic E-state index is 10.2. The number of aromatic nitrogens is 3. The first-order chi connectivity index (χ1) is 7.42. The quantitative estimate of drug-likeness (QED) is 0.817. The summed E-state index contributed by atoms with van der Waals surface area (Å²) < 4.78 is 1.38. The Balaban J connectivity index is 3.31. The van der Waals surface area contributed by atoms with Crippen LogP contribution in [-0.2, 0) is 0 Å². The van der Waals surface area contributed by atoms with Gasteiger partial charge in [0.25, 0.3) is 0 Å². The van der Waals surface area contributed by atoms with E-state index in [1.165, 1.54) is 10.8 Å². The molecule has 1 N–H and O–H groups in total. The Morgan fingerprint density at radius 1 is 1.75 bits per heavy atom. The Kier molecular flexibility index (Phi) is 3.68. The third kappa shape index (κ3) is 2.40. The van der Waals surface area contributed by atoms with E-state index in [9.17, 15) is 5.11 Å². The Morgan fingerprint density at radius 2 is 2.38 bits per heavy atom. The van der Waals surface area contributed by atoms with Gasteiger partial charge in [-0.25, -0.2) is 9.67 Å². The summed E-state index contributed by atoms with van der Waals surface area (Å²) in [5.74, 6) is 0.528. The molecule has 0 aliphatic heterocycles. The smallest absolute Gasteiger partial charge is 0.242 e. The SMILES string of the molecule is CCC(C)(O)/C(=C/C#N)n1nc(Cl)nc1C. The summed E-state index contributed by atoms with van der Waals surface area (Å²) in [7, 11) is 0. The minimum atomic E-state index is -1.14. The second-order valence-corrected chi connectivity index (χ2v) is 3.96. The van der Waals surface area contributed by atoms with E-state index >= 15 is 0 Å². The van der Waals surface area contributed by atoms with Crippen molar-refractivity contribution in [3.8, 4) is 6.07 Å². The molecule has 86 valence electrons. The number of aryl methyl sites for hydroxylation is 1. The molecule has 1 rings (SSSR count). The van der Waals surface area contributed by atoms with Crippen LogP contribution in [0.1, 0.15) is 26.1 Å². The number of rotatable bonds is 3. The van der Waals surface area contributed by atoms with E-state index in [2.05, 4.69) is 10.1 Å². The number of aliphatic hydroxyl groups is 1. The van der Waals surface area contributed by atoms with Crippen LogP contribution in [0.3, 0.4) is 0 Å². The monoisotopic (exact) mass is 240 g/mol. The molecule has 1 aromatic heterocycles. The molecular weight excluding hydrogens is 228 g/mol. The predicted molar refractivity (Wildman–Crippen MR) is 60.6 cm³/mol. The number of nitrogens with zero attached hydrogens (tertiary/aromatic N) is 4. The van der Waals surface area contributed by atoms with E-state index in [-0.39, 0.29) is 5.28 Å². The first kappa shape index (κ1) is 12.7. The average molecular weight is 241 g/mol. The second kappa shape index (κ2) is 4.64. The third-order valence-electron chi connectivity index (χ3n) is 2.41. The maximum absolute atomic E-state index is 10.2. The molecular formula is C10H13ClN4O. The van der Waals surface area contributed by atoms with Crippen LogP contribution in [0.5, 0.6) is 0 Å². The highest BCUT2D eigenvalue weighted by Crippen LogP contribution is 2.25. The Morgan fingerprint density at radius 3 is 2.75 bits per heavy atom. The molecule has 5 nitrogen and oxygen atoms in total. The summed E-state index contributed by atoms with van der Waals surface area (Å²) >= 11 is 5.67. The molecule has 0 spiro atoms. The molecule has 1 aromatic rings. The topological polar surface area (TPSA) is 74.7 Å². The first-order valence-electron chi connectivity index (χ1n) is 4.84. The van der Waals surface area contributed by atoms with E-state index in [4.69, 9.17) is 16.9 Å². The number of hydrogen-bond donors (Lipinski definition) is 1. The van der Waals surface area contributed by atoms with Crippen molar-refractivity contribution in [2.75, 3.05) is 0 Å². The van der Waals surface area contributed by atoms with E-state index in [1.807, 2.05) is 13.0 Å². The zero-order valence-corrected chi connectivity index (χ0v) is 10.2. The van der Waals surface area contributed by atoms with Crippen LogP contribution in [0.4, 0.5) is 0 Å².